The summed E-state index contributed by atoms with van der Waals surface area (Å²) in [6.45, 7) is 0. The number of pyridine rings is 1. The van der Waals surface area contributed by atoms with E-state index in [0.717, 1.165) is 0 Å². The third-order valence-electron chi connectivity index (χ3n) is 4.33. The number of rotatable bonds is 5. The number of halogens is 4. The van der Waals surface area contributed by atoms with Crippen molar-refractivity contribution in [2.45, 2.75) is 6.18 Å². The van der Waals surface area contributed by atoms with Gasteiger partial charge in [0.25, 0.3) is 11.9 Å². The number of amides is 1. The van der Waals surface area contributed by atoms with Crippen molar-refractivity contribution in [3.05, 3.63) is 70.5 Å². The van der Waals surface area contributed by atoms with Gasteiger partial charge in [0.15, 0.2) is 5.58 Å². The molecule has 0 atom stereocenters. The van der Waals surface area contributed by atoms with Crippen LogP contribution in [0.25, 0.3) is 11.1 Å². The summed E-state index contributed by atoms with van der Waals surface area (Å²) in [5.41, 5.74) is -0.447. The molecule has 32 heavy (non-hydrogen) atoms. The highest BCUT2D eigenvalue weighted by Crippen LogP contribution is 2.40. The maximum atomic E-state index is 13.4. The molecule has 7 nitrogen and oxygen atoms in total. The zero-order valence-corrected chi connectivity index (χ0v) is 17.9. The Hall–Kier alpha value is -3.60. The van der Waals surface area contributed by atoms with Crippen LogP contribution in [-0.2, 0) is 6.18 Å². The largest absolute Gasteiger partial charge is 0.457 e. The smallest absolute Gasteiger partial charge is 0.419 e. The monoisotopic (exact) mass is 506 g/mol. The van der Waals surface area contributed by atoms with Crippen molar-refractivity contribution >= 4 is 44.6 Å². The second kappa shape index (κ2) is 8.50. The molecule has 0 aliphatic rings. The summed E-state index contributed by atoms with van der Waals surface area (Å²) in [6, 6.07) is 12.3. The SMILES string of the molecule is CNC(=O)c1cc(Oc2ccc(Nc3nc4c(C(F)(F)F)c(Br)ccc4o3)cc2)ccn1. The van der Waals surface area contributed by atoms with E-state index in [-0.39, 0.29) is 33.2 Å². The highest BCUT2D eigenvalue weighted by molar-refractivity contribution is 9.10. The number of aromatic nitrogens is 2. The van der Waals surface area contributed by atoms with Crippen LogP contribution in [0.4, 0.5) is 24.9 Å². The highest BCUT2D eigenvalue weighted by atomic mass is 79.9. The van der Waals surface area contributed by atoms with Crippen LogP contribution in [-0.4, -0.2) is 22.9 Å². The second-order valence-corrected chi connectivity index (χ2v) is 7.35. The van der Waals surface area contributed by atoms with Crippen molar-refractivity contribution in [2.75, 3.05) is 12.4 Å². The zero-order chi connectivity index (χ0) is 22.9. The van der Waals surface area contributed by atoms with Gasteiger partial charge in [-0.25, -0.2) is 0 Å². The van der Waals surface area contributed by atoms with Crippen molar-refractivity contribution in [3.63, 3.8) is 0 Å². The number of benzene rings is 2. The summed E-state index contributed by atoms with van der Waals surface area (Å²) < 4.78 is 51.1. The number of nitrogens with zero attached hydrogens (tertiary/aromatic N) is 2. The molecule has 2 N–H and O–H groups in total. The van der Waals surface area contributed by atoms with E-state index in [2.05, 4.69) is 36.5 Å². The van der Waals surface area contributed by atoms with Crippen molar-refractivity contribution in [2.24, 2.45) is 0 Å². The van der Waals surface area contributed by atoms with Crippen LogP contribution < -0.4 is 15.4 Å². The molecule has 0 fully saturated rings. The topological polar surface area (TPSA) is 89.3 Å². The molecule has 4 aromatic rings. The number of alkyl halides is 3. The van der Waals surface area contributed by atoms with Gasteiger partial charge in [-0.3, -0.25) is 9.78 Å². The van der Waals surface area contributed by atoms with E-state index in [4.69, 9.17) is 9.15 Å². The standard InChI is InChI=1S/C21H14BrF3N4O3/c1-26-19(30)15-10-13(8-9-27-15)31-12-4-2-11(3-5-12)28-20-29-18-16(32-20)7-6-14(22)17(18)21(23,24)25/h2-10H,1H3,(H,26,30)(H,28,29). The van der Waals surface area contributed by atoms with Gasteiger partial charge in [-0.05, 0) is 42.5 Å². The van der Waals surface area contributed by atoms with E-state index in [1.807, 2.05) is 0 Å². The molecule has 2 aromatic heterocycles. The Balaban J connectivity index is 1.52. The molecule has 2 heterocycles. The van der Waals surface area contributed by atoms with Gasteiger partial charge in [0.05, 0.1) is 5.56 Å². The summed E-state index contributed by atoms with van der Waals surface area (Å²) in [5.74, 6) is 0.558. The van der Waals surface area contributed by atoms with Crippen molar-refractivity contribution in [3.8, 4) is 11.5 Å². The highest BCUT2D eigenvalue weighted by Gasteiger charge is 2.37. The van der Waals surface area contributed by atoms with Gasteiger partial charge in [-0.15, -0.1) is 0 Å². The van der Waals surface area contributed by atoms with E-state index < -0.39 is 11.7 Å². The first-order valence-electron chi connectivity index (χ1n) is 9.14. The molecule has 2 aromatic carbocycles. The molecular weight excluding hydrogens is 493 g/mol. The van der Waals surface area contributed by atoms with Crippen LogP contribution in [0.5, 0.6) is 11.5 Å². The number of hydrogen-bond donors (Lipinski definition) is 2. The predicted octanol–water partition coefficient (Wildman–Crippen LogP) is 5.90. The zero-order valence-electron chi connectivity index (χ0n) is 16.3. The first-order chi connectivity index (χ1) is 15.2. The number of hydrogen-bond acceptors (Lipinski definition) is 6. The Morgan fingerprint density at radius 3 is 2.53 bits per heavy atom. The molecule has 0 aliphatic heterocycles. The van der Waals surface area contributed by atoms with Crippen LogP contribution in [0.15, 0.2) is 63.6 Å². The molecule has 0 bridgehead atoms. The Bertz CT molecular complexity index is 1290. The van der Waals surface area contributed by atoms with Gasteiger partial charge in [0.2, 0.25) is 0 Å². The van der Waals surface area contributed by atoms with Gasteiger partial charge in [0, 0.05) is 29.5 Å². The first kappa shape index (κ1) is 21.6. The number of anilines is 2. The number of oxazole rings is 1. The van der Waals surface area contributed by atoms with E-state index >= 15 is 0 Å². The van der Waals surface area contributed by atoms with Crippen LogP contribution in [0.1, 0.15) is 16.1 Å². The Kier molecular flexibility index (Phi) is 5.74. The van der Waals surface area contributed by atoms with Crippen molar-refractivity contribution in [1.29, 1.82) is 0 Å². The normalized spacial score (nSPS) is 11.4. The van der Waals surface area contributed by atoms with E-state index in [9.17, 15) is 18.0 Å². The number of nitrogens with one attached hydrogen (secondary N) is 2. The molecule has 11 heteroatoms. The van der Waals surface area contributed by atoms with Crippen molar-refractivity contribution < 1.29 is 27.1 Å². The number of fused-ring (bicyclic) bond motifs is 1. The summed E-state index contributed by atoms with van der Waals surface area (Å²) in [7, 11) is 1.50. The average molecular weight is 507 g/mol. The minimum Gasteiger partial charge on any atom is -0.457 e. The second-order valence-electron chi connectivity index (χ2n) is 6.49. The number of carbonyl (C=O) groups excluding carboxylic acids is 1. The van der Waals surface area contributed by atoms with Crippen molar-refractivity contribution in [1.82, 2.24) is 15.3 Å². The average Bonchev–Trinajstić information content (AvgIpc) is 3.15. The molecule has 0 unspecified atom stereocenters. The molecule has 0 saturated heterocycles. The lowest BCUT2D eigenvalue weighted by Gasteiger charge is -2.08. The minimum absolute atomic E-state index is 0.00702. The summed E-state index contributed by atoms with van der Waals surface area (Å²) in [4.78, 5) is 19.6. The minimum atomic E-state index is -4.59. The van der Waals surface area contributed by atoms with Crippen LogP contribution >= 0.6 is 15.9 Å². The fourth-order valence-corrected chi connectivity index (χ4v) is 3.43. The van der Waals surface area contributed by atoms with Gasteiger partial charge in [-0.2, -0.15) is 18.2 Å². The fourth-order valence-electron chi connectivity index (χ4n) is 2.89. The molecule has 0 radical (unpaired) electrons. The van der Waals surface area contributed by atoms with E-state index in [0.29, 0.717) is 17.2 Å². The third kappa shape index (κ3) is 4.52. The third-order valence-corrected chi connectivity index (χ3v) is 4.99. The molecule has 0 saturated carbocycles. The Labute approximate surface area is 187 Å². The lowest BCUT2D eigenvalue weighted by Crippen LogP contribution is -2.18. The summed E-state index contributed by atoms with van der Waals surface area (Å²) in [5, 5.41) is 5.32. The fraction of sp³-hybridized carbons (Fsp3) is 0.0952. The van der Waals surface area contributed by atoms with Gasteiger partial charge >= 0.3 is 6.18 Å². The predicted molar refractivity (Wildman–Crippen MR) is 114 cm³/mol. The quantitative estimate of drug-likeness (QED) is 0.350. The first-order valence-corrected chi connectivity index (χ1v) is 9.93. The van der Waals surface area contributed by atoms with Crippen LogP contribution in [0.3, 0.4) is 0 Å². The Morgan fingerprint density at radius 2 is 1.84 bits per heavy atom. The molecule has 0 aliphatic carbocycles. The van der Waals surface area contributed by atoms with E-state index in [1.54, 1.807) is 30.3 Å². The summed E-state index contributed by atoms with van der Waals surface area (Å²) in [6.07, 6.45) is -3.13. The van der Waals surface area contributed by atoms with Gasteiger partial charge in [0.1, 0.15) is 22.7 Å². The van der Waals surface area contributed by atoms with Crippen LogP contribution in [0.2, 0.25) is 0 Å². The number of ether oxygens (including phenoxy) is 1. The lowest BCUT2D eigenvalue weighted by molar-refractivity contribution is -0.137. The number of carbonyl (C=O) groups is 1. The van der Waals surface area contributed by atoms with Gasteiger partial charge < -0.3 is 19.8 Å². The maximum Gasteiger partial charge on any atom is 0.419 e. The molecule has 0 spiro atoms. The Morgan fingerprint density at radius 1 is 1.09 bits per heavy atom. The van der Waals surface area contributed by atoms with Gasteiger partial charge in [-0.1, -0.05) is 15.9 Å². The molecule has 4 rings (SSSR count). The molecule has 1 amide bonds. The molecule has 164 valence electrons. The van der Waals surface area contributed by atoms with E-state index in [1.165, 1.54) is 31.4 Å². The van der Waals surface area contributed by atoms with Crippen LogP contribution in [0, 0.1) is 0 Å². The lowest BCUT2D eigenvalue weighted by atomic mass is 10.2. The maximum absolute atomic E-state index is 13.4. The molecular formula is C21H14BrF3N4O3. The summed E-state index contributed by atoms with van der Waals surface area (Å²) >= 11 is 2.92.